The maximum absolute atomic E-state index is 4.24. The Morgan fingerprint density at radius 1 is 1.35 bits per heavy atom. The molecular weight excluding hydrogens is 252 g/mol. The summed E-state index contributed by atoms with van der Waals surface area (Å²) in [5.41, 5.74) is 2.26. The van der Waals surface area contributed by atoms with Crippen LogP contribution >= 0.6 is 0 Å². The summed E-state index contributed by atoms with van der Waals surface area (Å²) < 4.78 is 4.14. The van der Waals surface area contributed by atoms with E-state index >= 15 is 0 Å². The van der Waals surface area contributed by atoms with E-state index in [1.165, 1.54) is 18.5 Å². The number of aromatic nitrogens is 5. The van der Waals surface area contributed by atoms with E-state index in [0.717, 1.165) is 18.8 Å². The highest BCUT2D eigenvalue weighted by Crippen LogP contribution is 2.35. The second-order valence-corrected chi connectivity index (χ2v) is 6.53. The van der Waals surface area contributed by atoms with Gasteiger partial charge in [-0.15, -0.1) is 5.10 Å². The topological polar surface area (TPSA) is 60.6 Å². The third-order valence-electron chi connectivity index (χ3n) is 3.40. The van der Waals surface area contributed by atoms with Gasteiger partial charge in [0.2, 0.25) is 0 Å². The number of hydrogen-bond donors (Lipinski definition) is 1. The smallest absolute Gasteiger partial charge is 0.0965 e. The molecule has 3 rings (SSSR count). The highest BCUT2D eigenvalue weighted by atomic mass is 15.4. The van der Waals surface area contributed by atoms with Crippen molar-refractivity contribution in [2.75, 3.05) is 0 Å². The van der Waals surface area contributed by atoms with Gasteiger partial charge in [0.25, 0.3) is 0 Å². The Bertz CT molecular complexity index is 572. The number of imidazole rings is 1. The van der Waals surface area contributed by atoms with Gasteiger partial charge in [-0.05, 0) is 33.6 Å². The van der Waals surface area contributed by atoms with Crippen molar-refractivity contribution in [2.24, 2.45) is 0 Å². The van der Waals surface area contributed by atoms with Crippen LogP contribution in [0.25, 0.3) is 0 Å². The SMILES string of the molecule is CC(C)(C)NCc1cn(Cc2cncn2C2CC2)nn1. The zero-order valence-electron chi connectivity index (χ0n) is 12.4. The molecule has 1 aliphatic rings. The Morgan fingerprint density at radius 2 is 2.15 bits per heavy atom. The average molecular weight is 274 g/mol. The Hall–Kier alpha value is -1.69. The molecule has 0 amide bonds. The molecule has 0 unspecified atom stereocenters. The monoisotopic (exact) mass is 274 g/mol. The summed E-state index contributed by atoms with van der Waals surface area (Å²) in [6.07, 6.45) is 8.38. The Kier molecular flexibility index (Phi) is 3.33. The Labute approximate surface area is 119 Å². The lowest BCUT2D eigenvalue weighted by atomic mass is 10.1. The van der Waals surface area contributed by atoms with Crippen LogP contribution < -0.4 is 5.32 Å². The van der Waals surface area contributed by atoms with Crippen LogP contribution in [0.4, 0.5) is 0 Å². The second-order valence-electron chi connectivity index (χ2n) is 6.53. The van der Waals surface area contributed by atoms with Crippen LogP contribution in [0.2, 0.25) is 0 Å². The molecule has 0 radical (unpaired) electrons. The summed E-state index contributed by atoms with van der Waals surface area (Å²) >= 11 is 0. The van der Waals surface area contributed by atoms with Crippen molar-refractivity contribution in [1.82, 2.24) is 29.9 Å². The fourth-order valence-electron chi connectivity index (χ4n) is 2.15. The van der Waals surface area contributed by atoms with Crippen LogP contribution in [0.3, 0.4) is 0 Å². The molecule has 20 heavy (non-hydrogen) atoms. The van der Waals surface area contributed by atoms with Crippen LogP contribution in [-0.2, 0) is 13.1 Å². The fourth-order valence-corrected chi connectivity index (χ4v) is 2.15. The van der Waals surface area contributed by atoms with Crippen LogP contribution in [0.15, 0.2) is 18.7 Å². The van der Waals surface area contributed by atoms with Gasteiger partial charge in [-0.1, -0.05) is 5.21 Å². The van der Waals surface area contributed by atoms with Crippen LogP contribution in [0, 0.1) is 0 Å². The van der Waals surface area contributed by atoms with Gasteiger partial charge < -0.3 is 9.88 Å². The van der Waals surface area contributed by atoms with E-state index in [-0.39, 0.29) is 5.54 Å². The Morgan fingerprint density at radius 3 is 2.85 bits per heavy atom. The zero-order chi connectivity index (χ0) is 14.2. The lowest BCUT2D eigenvalue weighted by molar-refractivity contribution is 0.421. The second kappa shape index (κ2) is 5.01. The molecule has 0 atom stereocenters. The van der Waals surface area contributed by atoms with E-state index in [9.17, 15) is 0 Å². The van der Waals surface area contributed by atoms with Crippen molar-refractivity contribution in [2.45, 2.75) is 58.3 Å². The summed E-state index contributed by atoms with van der Waals surface area (Å²) in [7, 11) is 0. The molecule has 6 heteroatoms. The molecule has 0 bridgehead atoms. The van der Waals surface area contributed by atoms with E-state index in [4.69, 9.17) is 0 Å². The summed E-state index contributed by atoms with van der Waals surface area (Å²) in [6, 6.07) is 0.651. The van der Waals surface area contributed by atoms with Crippen molar-refractivity contribution < 1.29 is 0 Å². The van der Waals surface area contributed by atoms with E-state index in [1.807, 2.05) is 23.4 Å². The molecule has 1 fully saturated rings. The van der Waals surface area contributed by atoms with Gasteiger partial charge in [0.05, 0.1) is 36.7 Å². The molecule has 0 aromatic carbocycles. The first-order valence-corrected chi connectivity index (χ1v) is 7.16. The first-order chi connectivity index (χ1) is 9.51. The highest BCUT2D eigenvalue weighted by Gasteiger charge is 2.25. The molecular formula is C14H22N6. The molecule has 0 spiro atoms. The maximum atomic E-state index is 4.24. The Balaban J connectivity index is 1.63. The van der Waals surface area contributed by atoms with Crippen molar-refractivity contribution in [3.63, 3.8) is 0 Å². The minimum absolute atomic E-state index is 0.0916. The molecule has 2 aromatic rings. The van der Waals surface area contributed by atoms with E-state index in [0.29, 0.717) is 6.04 Å². The molecule has 1 N–H and O–H groups in total. The first kappa shape index (κ1) is 13.3. The molecule has 108 valence electrons. The molecule has 2 heterocycles. The predicted molar refractivity (Wildman–Crippen MR) is 76.2 cm³/mol. The van der Waals surface area contributed by atoms with Crippen LogP contribution in [0.1, 0.15) is 51.0 Å². The minimum atomic E-state index is 0.0916. The average Bonchev–Trinajstić information content (AvgIpc) is 2.95. The van der Waals surface area contributed by atoms with Crippen molar-refractivity contribution in [1.29, 1.82) is 0 Å². The third-order valence-corrected chi connectivity index (χ3v) is 3.40. The lowest BCUT2D eigenvalue weighted by Gasteiger charge is -2.19. The summed E-state index contributed by atoms with van der Waals surface area (Å²) in [5.74, 6) is 0. The zero-order valence-corrected chi connectivity index (χ0v) is 12.4. The largest absolute Gasteiger partial charge is 0.330 e. The normalized spacial score (nSPS) is 15.8. The van der Waals surface area contributed by atoms with E-state index in [2.05, 4.69) is 46.0 Å². The standard InChI is InChI=1S/C14H22N6/c1-14(2,3)16-6-11-8-19(18-17-11)9-13-7-15-10-20(13)12-4-5-12/h7-8,10,12,16H,4-6,9H2,1-3H3. The highest BCUT2D eigenvalue weighted by molar-refractivity contribution is 5.05. The predicted octanol–water partition coefficient (Wildman–Crippen LogP) is 1.75. The van der Waals surface area contributed by atoms with Crippen LogP contribution in [-0.4, -0.2) is 30.1 Å². The molecule has 0 aliphatic heterocycles. The van der Waals surface area contributed by atoms with E-state index in [1.54, 1.807) is 0 Å². The van der Waals surface area contributed by atoms with Crippen LogP contribution in [0.5, 0.6) is 0 Å². The van der Waals surface area contributed by atoms with E-state index < -0.39 is 0 Å². The van der Waals surface area contributed by atoms with Gasteiger partial charge >= 0.3 is 0 Å². The number of nitrogens with zero attached hydrogens (tertiary/aromatic N) is 5. The van der Waals surface area contributed by atoms with Crippen molar-refractivity contribution in [3.05, 3.63) is 30.1 Å². The van der Waals surface area contributed by atoms with Gasteiger partial charge in [-0.25, -0.2) is 9.67 Å². The maximum Gasteiger partial charge on any atom is 0.0965 e. The van der Waals surface area contributed by atoms with Gasteiger partial charge in [-0.3, -0.25) is 0 Å². The quantitative estimate of drug-likeness (QED) is 0.902. The molecule has 2 aromatic heterocycles. The molecule has 6 nitrogen and oxygen atoms in total. The summed E-state index contributed by atoms with van der Waals surface area (Å²) in [6.45, 7) is 7.91. The van der Waals surface area contributed by atoms with Gasteiger partial charge in [0.15, 0.2) is 0 Å². The minimum Gasteiger partial charge on any atom is -0.330 e. The van der Waals surface area contributed by atoms with Gasteiger partial charge in [-0.2, -0.15) is 0 Å². The van der Waals surface area contributed by atoms with Crippen molar-refractivity contribution >= 4 is 0 Å². The number of nitrogens with one attached hydrogen (secondary N) is 1. The summed E-state index contributed by atoms with van der Waals surface area (Å²) in [4.78, 5) is 4.24. The van der Waals surface area contributed by atoms with Crippen molar-refractivity contribution in [3.8, 4) is 0 Å². The van der Waals surface area contributed by atoms with Gasteiger partial charge in [0, 0.05) is 18.1 Å². The van der Waals surface area contributed by atoms with Gasteiger partial charge in [0.1, 0.15) is 0 Å². The number of hydrogen-bond acceptors (Lipinski definition) is 4. The first-order valence-electron chi connectivity index (χ1n) is 7.16. The molecule has 1 saturated carbocycles. The molecule has 0 saturated heterocycles. The lowest BCUT2D eigenvalue weighted by Crippen LogP contribution is -2.35. The number of rotatable bonds is 5. The third kappa shape index (κ3) is 3.25. The molecule has 1 aliphatic carbocycles. The summed E-state index contributed by atoms with van der Waals surface area (Å²) in [5, 5.41) is 11.8. The fraction of sp³-hybridized carbons (Fsp3) is 0.643.